The van der Waals surface area contributed by atoms with Gasteiger partial charge in [-0.1, -0.05) is 12.1 Å². The van der Waals surface area contributed by atoms with E-state index >= 15 is 0 Å². The highest BCUT2D eigenvalue weighted by molar-refractivity contribution is 5.65. The van der Waals surface area contributed by atoms with Gasteiger partial charge in [-0.3, -0.25) is 10.1 Å². The topological polar surface area (TPSA) is 92.5 Å². The Morgan fingerprint density at radius 3 is 2.58 bits per heavy atom. The third kappa shape index (κ3) is 4.45. The molecule has 9 heteroatoms. The summed E-state index contributed by atoms with van der Waals surface area (Å²) in [7, 11) is 0. The molecule has 0 saturated carbocycles. The van der Waals surface area contributed by atoms with E-state index < -0.39 is 35.3 Å². The first kappa shape index (κ1) is 14.7. The maximum absolute atomic E-state index is 12.5. The number of rotatable bonds is 4. The lowest BCUT2D eigenvalue weighted by Crippen LogP contribution is -2.32. The van der Waals surface area contributed by atoms with Gasteiger partial charge in [0.25, 0.3) is 0 Å². The molecule has 0 fully saturated rings. The second-order valence-corrected chi connectivity index (χ2v) is 3.64. The van der Waals surface area contributed by atoms with Gasteiger partial charge in [0.05, 0.1) is 5.56 Å². The van der Waals surface area contributed by atoms with Gasteiger partial charge in [-0.15, -0.1) is 0 Å². The van der Waals surface area contributed by atoms with Gasteiger partial charge in [0.15, 0.2) is 0 Å². The van der Waals surface area contributed by atoms with Gasteiger partial charge in [-0.25, -0.2) is 4.79 Å². The first-order valence-electron chi connectivity index (χ1n) is 4.98. The summed E-state index contributed by atoms with van der Waals surface area (Å²) in [4.78, 5) is 20.1. The number of amides is 1. The summed E-state index contributed by atoms with van der Waals surface area (Å²) in [6, 6.07) is 2.40. The van der Waals surface area contributed by atoms with Crippen molar-refractivity contribution in [2.24, 2.45) is 0 Å². The normalized spacial score (nSPS) is 12.8. The zero-order chi connectivity index (χ0) is 14.6. The molecule has 1 unspecified atom stereocenters. The minimum atomic E-state index is -4.60. The van der Waals surface area contributed by atoms with Gasteiger partial charge in [0.2, 0.25) is 6.54 Å². The third-order valence-electron chi connectivity index (χ3n) is 2.25. The molecule has 0 radical (unpaired) electrons. The van der Waals surface area contributed by atoms with Crippen molar-refractivity contribution >= 4 is 6.09 Å². The van der Waals surface area contributed by atoms with Crippen LogP contribution in [0.15, 0.2) is 24.3 Å². The largest absolute Gasteiger partial charge is 0.465 e. The Morgan fingerprint density at radius 1 is 1.47 bits per heavy atom. The lowest BCUT2D eigenvalue weighted by atomic mass is 10.0. The first-order valence-corrected chi connectivity index (χ1v) is 4.98. The summed E-state index contributed by atoms with van der Waals surface area (Å²) in [5.41, 5.74) is -1.11. The Morgan fingerprint density at radius 2 is 2.11 bits per heavy atom. The van der Waals surface area contributed by atoms with Crippen molar-refractivity contribution in [3.63, 3.8) is 0 Å². The molecule has 0 aliphatic carbocycles. The van der Waals surface area contributed by atoms with Crippen molar-refractivity contribution in [1.29, 1.82) is 0 Å². The minimum Gasteiger partial charge on any atom is -0.465 e. The molecule has 1 amide bonds. The van der Waals surface area contributed by atoms with Crippen molar-refractivity contribution in [2.75, 3.05) is 6.54 Å². The van der Waals surface area contributed by atoms with Crippen LogP contribution in [0.25, 0.3) is 0 Å². The first-order chi connectivity index (χ1) is 8.70. The quantitative estimate of drug-likeness (QED) is 0.652. The highest BCUT2D eigenvalue weighted by Crippen LogP contribution is 2.30. The molecule has 19 heavy (non-hydrogen) atoms. The highest BCUT2D eigenvalue weighted by Gasteiger charge is 2.31. The Bertz CT molecular complexity index is 474. The van der Waals surface area contributed by atoms with Crippen molar-refractivity contribution in [3.05, 3.63) is 45.5 Å². The minimum absolute atomic E-state index is 0.117. The number of benzene rings is 1. The van der Waals surface area contributed by atoms with E-state index in [1.165, 1.54) is 6.07 Å². The van der Waals surface area contributed by atoms with Crippen molar-refractivity contribution in [3.8, 4) is 0 Å². The lowest BCUT2D eigenvalue weighted by molar-refractivity contribution is -0.484. The summed E-state index contributed by atoms with van der Waals surface area (Å²) in [5, 5.41) is 20.7. The molecular weight excluding hydrogens is 269 g/mol. The van der Waals surface area contributed by atoms with E-state index in [2.05, 4.69) is 0 Å². The second kappa shape index (κ2) is 5.55. The summed E-state index contributed by atoms with van der Waals surface area (Å²) >= 11 is 0. The van der Waals surface area contributed by atoms with E-state index in [-0.39, 0.29) is 5.56 Å². The number of carbonyl (C=O) groups is 1. The van der Waals surface area contributed by atoms with Crippen LogP contribution < -0.4 is 5.32 Å². The standard InChI is InChI=1S/C10H9F3N2O4/c11-10(12,13)7-3-1-2-6(4-7)8(5-15(18)19)14-9(16)17/h1-4,8,14H,5H2,(H,16,17). The Kier molecular flexibility index (Phi) is 4.30. The molecule has 0 aromatic heterocycles. The van der Waals surface area contributed by atoms with Gasteiger partial charge < -0.3 is 10.4 Å². The second-order valence-electron chi connectivity index (χ2n) is 3.64. The van der Waals surface area contributed by atoms with Crippen molar-refractivity contribution in [1.82, 2.24) is 5.32 Å². The number of alkyl halides is 3. The lowest BCUT2D eigenvalue weighted by Gasteiger charge is -2.15. The fraction of sp³-hybridized carbons (Fsp3) is 0.300. The molecule has 0 aliphatic rings. The maximum atomic E-state index is 12.5. The third-order valence-corrected chi connectivity index (χ3v) is 2.25. The fourth-order valence-corrected chi connectivity index (χ4v) is 1.46. The van der Waals surface area contributed by atoms with Crippen LogP contribution in [0.1, 0.15) is 17.2 Å². The van der Waals surface area contributed by atoms with Crippen molar-refractivity contribution < 1.29 is 28.0 Å². The number of hydrogen-bond donors (Lipinski definition) is 2. The number of nitrogens with one attached hydrogen (secondary N) is 1. The van der Waals surface area contributed by atoms with E-state index in [4.69, 9.17) is 5.11 Å². The van der Waals surface area contributed by atoms with E-state index in [0.29, 0.717) is 6.07 Å². The van der Waals surface area contributed by atoms with E-state index in [9.17, 15) is 28.1 Å². The van der Waals surface area contributed by atoms with Gasteiger partial charge in [0, 0.05) is 4.92 Å². The van der Waals surface area contributed by atoms with Crippen LogP contribution in [0.5, 0.6) is 0 Å². The fourth-order valence-electron chi connectivity index (χ4n) is 1.46. The molecule has 2 N–H and O–H groups in total. The molecule has 1 atom stereocenters. The van der Waals surface area contributed by atoms with Crippen LogP contribution in [-0.2, 0) is 6.18 Å². The van der Waals surface area contributed by atoms with Crippen LogP contribution in [0.4, 0.5) is 18.0 Å². The number of nitro groups is 1. The SMILES string of the molecule is O=C(O)NC(C[N+](=O)[O-])c1cccc(C(F)(F)F)c1. The molecule has 0 spiro atoms. The molecule has 0 heterocycles. The summed E-state index contributed by atoms with van der Waals surface area (Å²) in [6.45, 7) is -0.840. The Labute approximate surface area is 105 Å². The Hall–Kier alpha value is -2.32. The van der Waals surface area contributed by atoms with Crippen LogP contribution in [0.3, 0.4) is 0 Å². The van der Waals surface area contributed by atoms with E-state index in [1.54, 1.807) is 0 Å². The predicted octanol–water partition coefficient (Wildman–Crippen LogP) is 2.29. The van der Waals surface area contributed by atoms with E-state index in [0.717, 1.165) is 12.1 Å². The van der Waals surface area contributed by atoms with Crippen LogP contribution in [0, 0.1) is 10.1 Å². The number of nitrogens with zero attached hydrogens (tertiary/aromatic N) is 1. The molecule has 6 nitrogen and oxygen atoms in total. The average Bonchev–Trinajstić information content (AvgIpc) is 2.26. The van der Waals surface area contributed by atoms with Crippen LogP contribution in [0.2, 0.25) is 0 Å². The van der Waals surface area contributed by atoms with E-state index in [1.807, 2.05) is 5.32 Å². The maximum Gasteiger partial charge on any atom is 0.416 e. The molecule has 1 aromatic rings. The zero-order valence-corrected chi connectivity index (χ0v) is 9.35. The highest BCUT2D eigenvalue weighted by atomic mass is 19.4. The van der Waals surface area contributed by atoms with Crippen LogP contribution in [-0.4, -0.2) is 22.7 Å². The number of halogens is 3. The monoisotopic (exact) mass is 278 g/mol. The summed E-state index contributed by atoms with van der Waals surface area (Å²) in [5.74, 6) is 0. The smallest absolute Gasteiger partial charge is 0.416 e. The molecule has 1 rings (SSSR count). The summed E-state index contributed by atoms with van der Waals surface area (Å²) < 4.78 is 37.5. The summed E-state index contributed by atoms with van der Waals surface area (Å²) in [6.07, 6.45) is -6.15. The molecule has 0 bridgehead atoms. The molecular formula is C10H9F3N2O4. The molecule has 0 aliphatic heterocycles. The molecule has 1 aromatic carbocycles. The number of carboxylic acid groups (broad SMARTS) is 1. The van der Waals surface area contributed by atoms with Gasteiger partial charge in [-0.2, -0.15) is 13.2 Å². The predicted molar refractivity (Wildman–Crippen MR) is 57.2 cm³/mol. The van der Waals surface area contributed by atoms with Crippen LogP contribution >= 0.6 is 0 Å². The van der Waals surface area contributed by atoms with Gasteiger partial charge >= 0.3 is 12.3 Å². The number of hydrogen-bond acceptors (Lipinski definition) is 3. The average molecular weight is 278 g/mol. The van der Waals surface area contributed by atoms with Gasteiger partial charge in [-0.05, 0) is 17.7 Å². The van der Waals surface area contributed by atoms with Gasteiger partial charge in [0.1, 0.15) is 6.04 Å². The van der Waals surface area contributed by atoms with Crippen molar-refractivity contribution in [2.45, 2.75) is 12.2 Å². The Balaban J connectivity index is 3.08. The zero-order valence-electron chi connectivity index (χ0n) is 9.35. The molecule has 0 saturated heterocycles. The molecule has 104 valence electrons.